The molecule has 0 unspecified atom stereocenters. The SMILES string of the molecule is O=C(c1ccc2c(c1)C(=O)NCCC2)c1cccs1. The average Bonchev–Trinajstić information content (AvgIpc) is 2.90. The Morgan fingerprint density at radius 2 is 2.16 bits per heavy atom. The van der Waals surface area contributed by atoms with Gasteiger partial charge in [0.1, 0.15) is 0 Å². The quantitative estimate of drug-likeness (QED) is 0.854. The Labute approximate surface area is 115 Å². The van der Waals surface area contributed by atoms with Crippen molar-refractivity contribution in [1.82, 2.24) is 5.32 Å². The zero-order valence-electron chi connectivity index (χ0n) is 10.3. The van der Waals surface area contributed by atoms with Gasteiger partial charge in [0.15, 0.2) is 0 Å². The standard InChI is InChI=1S/C15H13NO2S/c17-14(13-4-2-8-19-13)11-6-5-10-3-1-7-16-15(18)12(10)9-11/h2,4-6,8-9H,1,3,7H2,(H,16,18). The molecule has 1 N–H and O–H groups in total. The third-order valence-electron chi connectivity index (χ3n) is 3.27. The highest BCUT2D eigenvalue weighted by atomic mass is 32.1. The smallest absolute Gasteiger partial charge is 0.251 e. The molecule has 4 heteroatoms. The molecule has 1 amide bonds. The lowest BCUT2D eigenvalue weighted by atomic mass is 9.98. The van der Waals surface area contributed by atoms with Crippen LogP contribution < -0.4 is 5.32 Å². The molecule has 3 nitrogen and oxygen atoms in total. The highest BCUT2D eigenvalue weighted by Crippen LogP contribution is 2.20. The molecule has 2 heterocycles. The molecule has 96 valence electrons. The monoisotopic (exact) mass is 271 g/mol. The van der Waals surface area contributed by atoms with Gasteiger partial charge in [-0.2, -0.15) is 0 Å². The molecule has 0 atom stereocenters. The van der Waals surface area contributed by atoms with E-state index in [2.05, 4.69) is 5.32 Å². The Morgan fingerprint density at radius 1 is 1.26 bits per heavy atom. The number of aryl methyl sites for hydroxylation is 1. The Balaban J connectivity index is 2.01. The number of nitrogens with one attached hydrogen (secondary N) is 1. The van der Waals surface area contributed by atoms with Crippen molar-refractivity contribution in [2.24, 2.45) is 0 Å². The van der Waals surface area contributed by atoms with Crippen molar-refractivity contribution in [3.8, 4) is 0 Å². The Morgan fingerprint density at radius 3 is 2.95 bits per heavy atom. The van der Waals surface area contributed by atoms with Crippen LogP contribution in [0.5, 0.6) is 0 Å². The van der Waals surface area contributed by atoms with E-state index >= 15 is 0 Å². The van der Waals surface area contributed by atoms with Crippen molar-refractivity contribution in [1.29, 1.82) is 0 Å². The summed E-state index contributed by atoms with van der Waals surface area (Å²) < 4.78 is 0. The largest absolute Gasteiger partial charge is 0.352 e. The molecule has 0 saturated carbocycles. The zero-order chi connectivity index (χ0) is 13.2. The Bertz CT molecular complexity index is 632. The highest BCUT2D eigenvalue weighted by Gasteiger charge is 2.18. The van der Waals surface area contributed by atoms with E-state index in [4.69, 9.17) is 0 Å². The number of hydrogen-bond donors (Lipinski definition) is 1. The summed E-state index contributed by atoms with van der Waals surface area (Å²) >= 11 is 1.42. The van der Waals surface area contributed by atoms with Crippen molar-refractivity contribution in [3.63, 3.8) is 0 Å². The maximum absolute atomic E-state index is 12.3. The zero-order valence-corrected chi connectivity index (χ0v) is 11.1. The molecule has 1 aliphatic heterocycles. The van der Waals surface area contributed by atoms with Crippen LogP contribution in [0.15, 0.2) is 35.7 Å². The molecular formula is C15H13NO2S. The van der Waals surface area contributed by atoms with Crippen LogP contribution in [0.2, 0.25) is 0 Å². The fraction of sp³-hybridized carbons (Fsp3) is 0.200. The first-order chi connectivity index (χ1) is 9.25. The van der Waals surface area contributed by atoms with Crippen molar-refractivity contribution in [3.05, 3.63) is 57.3 Å². The Hall–Kier alpha value is -1.94. The third kappa shape index (κ3) is 2.31. The molecule has 0 saturated heterocycles. The van der Waals surface area contributed by atoms with Crippen LogP contribution in [-0.2, 0) is 6.42 Å². The van der Waals surface area contributed by atoms with E-state index in [1.807, 2.05) is 23.6 Å². The van der Waals surface area contributed by atoms with E-state index < -0.39 is 0 Å². The number of carbonyl (C=O) groups is 2. The summed E-state index contributed by atoms with van der Waals surface area (Å²) in [5, 5.41) is 4.73. The second-order valence-corrected chi connectivity index (χ2v) is 5.49. The first-order valence-corrected chi connectivity index (χ1v) is 7.13. The molecule has 0 fully saturated rings. The van der Waals surface area contributed by atoms with Gasteiger partial charge in [-0.25, -0.2) is 0 Å². The minimum Gasteiger partial charge on any atom is -0.352 e. The minimum atomic E-state index is -0.0756. The lowest BCUT2D eigenvalue weighted by molar-refractivity contribution is 0.0956. The topological polar surface area (TPSA) is 46.2 Å². The van der Waals surface area contributed by atoms with Crippen molar-refractivity contribution >= 4 is 23.0 Å². The fourth-order valence-electron chi connectivity index (χ4n) is 2.27. The first-order valence-electron chi connectivity index (χ1n) is 6.25. The molecule has 1 aliphatic rings. The number of ketones is 1. The van der Waals surface area contributed by atoms with Crippen LogP contribution in [0.25, 0.3) is 0 Å². The van der Waals surface area contributed by atoms with Crippen LogP contribution in [0.3, 0.4) is 0 Å². The summed E-state index contributed by atoms with van der Waals surface area (Å²) in [5.74, 6) is -0.0943. The predicted octanol–water partition coefficient (Wildman–Crippen LogP) is 2.66. The van der Waals surface area contributed by atoms with Gasteiger partial charge < -0.3 is 5.32 Å². The number of benzene rings is 1. The van der Waals surface area contributed by atoms with Crippen molar-refractivity contribution < 1.29 is 9.59 Å². The molecule has 0 bridgehead atoms. The number of fused-ring (bicyclic) bond motifs is 1. The van der Waals surface area contributed by atoms with Gasteiger partial charge >= 0.3 is 0 Å². The second kappa shape index (κ2) is 4.97. The van der Waals surface area contributed by atoms with E-state index in [1.54, 1.807) is 12.1 Å². The lowest BCUT2D eigenvalue weighted by Gasteiger charge is -2.06. The third-order valence-corrected chi connectivity index (χ3v) is 4.14. The molecule has 0 aliphatic carbocycles. The van der Waals surface area contributed by atoms with E-state index in [1.165, 1.54) is 11.3 Å². The van der Waals surface area contributed by atoms with E-state index in [0.29, 0.717) is 22.5 Å². The Kier molecular flexibility index (Phi) is 3.17. The maximum atomic E-state index is 12.3. The fourth-order valence-corrected chi connectivity index (χ4v) is 2.96. The molecule has 0 radical (unpaired) electrons. The van der Waals surface area contributed by atoms with Crippen LogP contribution in [0.1, 0.15) is 37.6 Å². The van der Waals surface area contributed by atoms with E-state index in [0.717, 1.165) is 18.4 Å². The molecule has 3 rings (SSSR count). The van der Waals surface area contributed by atoms with Crippen LogP contribution >= 0.6 is 11.3 Å². The molecule has 19 heavy (non-hydrogen) atoms. The molecule has 1 aromatic heterocycles. The van der Waals surface area contributed by atoms with Gasteiger partial charge in [0, 0.05) is 17.7 Å². The highest BCUT2D eigenvalue weighted by molar-refractivity contribution is 7.12. The number of rotatable bonds is 2. The molecule has 2 aromatic rings. The average molecular weight is 271 g/mol. The van der Waals surface area contributed by atoms with Crippen molar-refractivity contribution in [2.75, 3.05) is 6.54 Å². The molecule has 1 aromatic carbocycles. The summed E-state index contributed by atoms with van der Waals surface area (Å²) in [7, 11) is 0. The first kappa shape index (κ1) is 12.1. The number of hydrogen-bond acceptors (Lipinski definition) is 3. The summed E-state index contributed by atoms with van der Waals surface area (Å²) in [6, 6.07) is 9.10. The summed E-state index contributed by atoms with van der Waals surface area (Å²) in [4.78, 5) is 24.9. The molecule has 0 spiro atoms. The normalized spacial score (nSPS) is 14.4. The van der Waals surface area contributed by atoms with Gasteiger partial charge in [-0.3, -0.25) is 9.59 Å². The summed E-state index contributed by atoms with van der Waals surface area (Å²) in [6.45, 7) is 0.696. The van der Waals surface area contributed by atoms with Crippen LogP contribution in [-0.4, -0.2) is 18.2 Å². The van der Waals surface area contributed by atoms with E-state index in [-0.39, 0.29) is 11.7 Å². The lowest BCUT2D eigenvalue weighted by Crippen LogP contribution is -2.22. The van der Waals surface area contributed by atoms with Crippen molar-refractivity contribution in [2.45, 2.75) is 12.8 Å². The van der Waals surface area contributed by atoms with Gasteiger partial charge in [-0.15, -0.1) is 11.3 Å². The molecular weight excluding hydrogens is 258 g/mol. The van der Waals surface area contributed by atoms with Gasteiger partial charge in [0.25, 0.3) is 5.91 Å². The number of carbonyl (C=O) groups excluding carboxylic acids is 2. The minimum absolute atomic E-state index is 0.0187. The van der Waals surface area contributed by atoms with Gasteiger partial charge in [-0.1, -0.05) is 18.2 Å². The summed E-state index contributed by atoms with van der Waals surface area (Å²) in [6.07, 6.45) is 1.82. The van der Waals surface area contributed by atoms with Crippen LogP contribution in [0.4, 0.5) is 0 Å². The van der Waals surface area contributed by atoms with E-state index in [9.17, 15) is 9.59 Å². The van der Waals surface area contributed by atoms with Gasteiger partial charge in [0.2, 0.25) is 5.78 Å². The van der Waals surface area contributed by atoms with Gasteiger partial charge in [-0.05, 0) is 35.9 Å². The summed E-state index contributed by atoms with van der Waals surface area (Å²) in [5.41, 5.74) is 2.25. The maximum Gasteiger partial charge on any atom is 0.251 e. The van der Waals surface area contributed by atoms with Crippen LogP contribution in [0, 0.1) is 0 Å². The van der Waals surface area contributed by atoms with Gasteiger partial charge in [0.05, 0.1) is 4.88 Å². The number of thiophene rings is 1. The number of amides is 1. The second-order valence-electron chi connectivity index (χ2n) is 4.54. The predicted molar refractivity (Wildman–Crippen MR) is 74.8 cm³/mol.